The average Bonchev–Trinajstić information content (AvgIpc) is 2.89. The van der Waals surface area contributed by atoms with E-state index in [0.717, 1.165) is 16.5 Å². The molecule has 3 aromatic rings. The summed E-state index contributed by atoms with van der Waals surface area (Å²) in [6.45, 7) is 8.09. The van der Waals surface area contributed by atoms with Crippen molar-refractivity contribution in [1.82, 2.24) is 9.55 Å². The Balaban J connectivity index is 2.12. The van der Waals surface area contributed by atoms with Gasteiger partial charge in [-0.2, -0.15) is 0 Å². The van der Waals surface area contributed by atoms with Gasteiger partial charge in [0.15, 0.2) is 0 Å². The largest absolute Gasteiger partial charge is 0.380 e. The van der Waals surface area contributed by atoms with E-state index in [-0.39, 0.29) is 0 Å². The van der Waals surface area contributed by atoms with Gasteiger partial charge < -0.3 is 9.30 Å². The van der Waals surface area contributed by atoms with Crippen LogP contribution in [0.1, 0.15) is 42.1 Å². The van der Waals surface area contributed by atoms with E-state index in [2.05, 4.69) is 48.5 Å². The van der Waals surface area contributed by atoms with Crippen molar-refractivity contribution in [1.29, 1.82) is 0 Å². The van der Waals surface area contributed by atoms with Gasteiger partial charge in [-0.3, -0.25) is 4.98 Å². The normalized spacial score (nSPS) is 11.3. The molecule has 0 radical (unpaired) electrons. The second-order valence-electron chi connectivity index (χ2n) is 6.87. The zero-order valence-electron chi connectivity index (χ0n) is 16.2. The van der Waals surface area contributed by atoms with Crippen molar-refractivity contribution in [3.8, 4) is 0 Å². The van der Waals surface area contributed by atoms with Gasteiger partial charge in [-0.15, -0.1) is 0 Å². The fourth-order valence-electron chi connectivity index (χ4n) is 3.32. The van der Waals surface area contributed by atoms with Crippen LogP contribution in [0.15, 0.2) is 58.7 Å². The highest BCUT2D eigenvalue weighted by atomic mass is 35.5. The van der Waals surface area contributed by atoms with Crippen molar-refractivity contribution in [2.75, 3.05) is 7.11 Å². The lowest BCUT2D eigenvalue weighted by molar-refractivity contribution is 0.183. The number of nitrogens with zero attached hydrogens (tertiary/aromatic N) is 2. The number of hydrogen-bond acceptors (Lipinski definition) is 3. The number of methoxy groups -OCH3 is 1. The van der Waals surface area contributed by atoms with Crippen LogP contribution in [0.2, 0.25) is 5.02 Å². The maximum Gasteiger partial charge on any atom is 0.0840 e. The molecule has 3 rings (SSSR count). The molecule has 0 aliphatic carbocycles. The summed E-state index contributed by atoms with van der Waals surface area (Å²) in [7, 11) is 1.76. The van der Waals surface area contributed by atoms with E-state index in [1.165, 1.54) is 27.4 Å². The van der Waals surface area contributed by atoms with Gasteiger partial charge in [0.05, 0.1) is 11.6 Å². The summed E-state index contributed by atoms with van der Waals surface area (Å²) in [6.07, 6.45) is 3.69. The Kier molecular flexibility index (Phi) is 6.64. The van der Waals surface area contributed by atoms with Crippen molar-refractivity contribution in [3.63, 3.8) is 0 Å². The van der Waals surface area contributed by atoms with Crippen molar-refractivity contribution < 1.29 is 4.74 Å². The van der Waals surface area contributed by atoms with E-state index in [0.29, 0.717) is 12.5 Å². The molecule has 0 spiro atoms. The Morgan fingerprint density at radius 3 is 2.56 bits per heavy atom. The van der Waals surface area contributed by atoms with E-state index >= 15 is 0 Å². The molecular formula is C22H25ClN2OS. The van der Waals surface area contributed by atoms with Crippen molar-refractivity contribution in [3.05, 3.63) is 76.2 Å². The SMILES string of the molecule is COCc1c(C(C)C)c(Sc2cccc(Cl)c2)n(Cc2ccncc2)c1C. The first-order valence-corrected chi connectivity index (χ1v) is 10.2. The molecule has 0 aliphatic rings. The first kappa shape index (κ1) is 20.0. The van der Waals surface area contributed by atoms with E-state index < -0.39 is 0 Å². The molecule has 0 amide bonds. The molecule has 0 bridgehead atoms. The molecule has 1 aromatic carbocycles. The van der Waals surface area contributed by atoms with Gasteiger partial charge in [0.25, 0.3) is 0 Å². The second kappa shape index (κ2) is 8.96. The van der Waals surface area contributed by atoms with Gasteiger partial charge in [0.2, 0.25) is 0 Å². The number of pyridine rings is 1. The molecule has 5 heteroatoms. The van der Waals surface area contributed by atoms with E-state index in [1.807, 2.05) is 30.6 Å². The topological polar surface area (TPSA) is 27.1 Å². The van der Waals surface area contributed by atoms with Crippen LogP contribution in [-0.2, 0) is 17.9 Å². The number of rotatable bonds is 7. The molecule has 0 saturated heterocycles. The highest BCUT2D eigenvalue weighted by molar-refractivity contribution is 7.99. The Labute approximate surface area is 170 Å². The number of halogens is 1. The zero-order valence-corrected chi connectivity index (χ0v) is 17.8. The number of hydrogen-bond donors (Lipinski definition) is 0. The Morgan fingerprint density at radius 2 is 1.93 bits per heavy atom. The van der Waals surface area contributed by atoms with Crippen LogP contribution in [0.25, 0.3) is 0 Å². The Morgan fingerprint density at radius 1 is 1.19 bits per heavy atom. The van der Waals surface area contributed by atoms with Crippen molar-refractivity contribution >= 4 is 23.4 Å². The lowest BCUT2D eigenvalue weighted by Gasteiger charge is -2.14. The average molecular weight is 401 g/mol. The van der Waals surface area contributed by atoms with E-state index in [1.54, 1.807) is 18.9 Å². The summed E-state index contributed by atoms with van der Waals surface area (Å²) in [5.41, 5.74) is 5.12. The Hall–Kier alpha value is -1.75. The predicted molar refractivity (Wildman–Crippen MR) is 113 cm³/mol. The number of ether oxygens (including phenoxy) is 1. The first-order chi connectivity index (χ1) is 13.0. The summed E-state index contributed by atoms with van der Waals surface area (Å²) >= 11 is 7.99. The molecule has 0 unspecified atom stereocenters. The molecule has 0 N–H and O–H groups in total. The van der Waals surface area contributed by atoms with Gasteiger partial charge >= 0.3 is 0 Å². The molecule has 0 saturated carbocycles. The van der Waals surface area contributed by atoms with Crippen LogP contribution in [0.4, 0.5) is 0 Å². The number of aromatic nitrogens is 2. The van der Waals surface area contributed by atoms with Crippen molar-refractivity contribution in [2.45, 2.75) is 49.8 Å². The van der Waals surface area contributed by atoms with E-state index in [9.17, 15) is 0 Å². The lowest BCUT2D eigenvalue weighted by atomic mass is 10.0. The third kappa shape index (κ3) is 4.57. The fourth-order valence-corrected chi connectivity index (χ4v) is 4.91. The molecule has 0 fully saturated rings. The van der Waals surface area contributed by atoms with Crippen LogP contribution in [0.3, 0.4) is 0 Å². The van der Waals surface area contributed by atoms with Crippen LogP contribution in [-0.4, -0.2) is 16.7 Å². The monoisotopic (exact) mass is 400 g/mol. The van der Waals surface area contributed by atoms with Gasteiger partial charge in [0, 0.05) is 47.2 Å². The molecule has 27 heavy (non-hydrogen) atoms. The smallest absolute Gasteiger partial charge is 0.0840 e. The minimum absolute atomic E-state index is 0.397. The summed E-state index contributed by atoms with van der Waals surface area (Å²) in [4.78, 5) is 5.28. The predicted octanol–water partition coefficient (Wildman–Crippen LogP) is 6.31. The van der Waals surface area contributed by atoms with Crippen LogP contribution < -0.4 is 0 Å². The molecule has 3 nitrogen and oxygen atoms in total. The summed E-state index contributed by atoms with van der Waals surface area (Å²) in [5.74, 6) is 0.397. The maximum atomic E-state index is 6.22. The summed E-state index contributed by atoms with van der Waals surface area (Å²) in [6, 6.07) is 12.2. The zero-order chi connectivity index (χ0) is 19.4. The van der Waals surface area contributed by atoms with Crippen LogP contribution in [0, 0.1) is 6.92 Å². The fraction of sp³-hybridized carbons (Fsp3) is 0.318. The van der Waals surface area contributed by atoms with E-state index in [4.69, 9.17) is 16.3 Å². The van der Waals surface area contributed by atoms with Crippen molar-refractivity contribution in [2.24, 2.45) is 0 Å². The Bertz CT molecular complexity index is 906. The molecule has 2 heterocycles. The van der Waals surface area contributed by atoms with Gasteiger partial charge in [-0.05, 0) is 54.3 Å². The highest BCUT2D eigenvalue weighted by Crippen LogP contribution is 2.40. The molecular weight excluding hydrogens is 376 g/mol. The van der Waals surface area contributed by atoms with Crippen LogP contribution in [0.5, 0.6) is 0 Å². The minimum atomic E-state index is 0.397. The van der Waals surface area contributed by atoms with Gasteiger partial charge in [0.1, 0.15) is 0 Å². The molecule has 142 valence electrons. The quantitative estimate of drug-likeness (QED) is 0.464. The lowest BCUT2D eigenvalue weighted by Crippen LogP contribution is -2.04. The van der Waals surface area contributed by atoms with Crippen LogP contribution >= 0.6 is 23.4 Å². The maximum absolute atomic E-state index is 6.22. The standard InChI is InChI=1S/C22H25ClN2OS/c1-15(2)21-20(14-26-4)16(3)25(13-17-8-10-24-11-9-17)22(21)27-19-7-5-6-18(23)12-19/h5-12,15H,13-14H2,1-4H3. The van der Waals surface area contributed by atoms with Gasteiger partial charge in [-0.1, -0.05) is 43.3 Å². The first-order valence-electron chi connectivity index (χ1n) is 9.04. The minimum Gasteiger partial charge on any atom is -0.380 e. The molecule has 2 aromatic heterocycles. The second-order valence-corrected chi connectivity index (χ2v) is 8.37. The highest BCUT2D eigenvalue weighted by Gasteiger charge is 2.23. The molecule has 0 aliphatic heterocycles. The third-order valence-electron chi connectivity index (χ3n) is 4.61. The summed E-state index contributed by atoms with van der Waals surface area (Å²) < 4.78 is 7.93. The third-order valence-corrected chi connectivity index (χ3v) is 5.97. The summed E-state index contributed by atoms with van der Waals surface area (Å²) in [5, 5.41) is 2.01. The van der Waals surface area contributed by atoms with Gasteiger partial charge in [-0.25, -0.2) is 0 Å². The number of benzene rings is 1. The molecule has 0 atom stereocenters.